The minimum Gasteiger partial charge on any atom is -0.476 e. The largest absolute Gasteiger partial charge is 0.476 e. The fourth-order valence-corrected chi connectivity index (χ4v) is 4.57. The van der Waals surface area contributed by atoms with Gasteiger partial charge in [0.05, 0.1) is 31.2 Å². The number of nitrogens with one attached hydrogen (secondary N) is 1. The molecule has 2 heterocycles. The number of fused-ring (bicyclic) bond motifs is 1. The molecule has 3 rings (SSSR count). The Bertz CT molecular complexity index is 1280. The fourth-order valence-electron chi connectivity index (χ4n) is 3.46. The van der Waals surface area contributed by atoms with E-state index >= 15 is 0 Å². The van der Waals surface area contributed by atoms with E-state index in [1.807, 2.05) is 37.3 Å². The van der Waals surface area contributed by atoms with Gasteiger partial charge in [0.1, 0.15) is 6.23 Å². The molecule has 0 radical (unpaired) electrons. The number of azide groups is 1. The summed E-state index contributed by atoms with van der Waals surface area (Å²) in [5.74, 6) is 0.214. The molecule has 2 aromatic heterocycles. The molecule has 0 amide bonds. The van der Waals surface area contributed by atoms with Gasteiger partial charge in [-0.05, 0) is 38.8 Å². The molecule has 200 valence electrons. The molecule has 0 aliphatic heterocycles. The molecule has 0 bridgehead atoms. The van der Waals surface area contributed by atoms with Crippen molar-refractivity contribution < 1.29 is 23.1 Å². The number of anilines is 1. The SMILES string of the molecule is CCOc1nc(N)nc2c1ncn2C(O[C@@H](C)COP(=O)(NCc1ccccc1)OC)C(C)(C)N=[N+]=[N-]. The Balaban J connectivity index is 1.81. The van der Waals surface area contributed by atoms with Crippen LogP contribution in [0.3, 0.4) is 0 Å². The molecule has 0 aliphatic carbocycles. The van der Waals surface area contributed by atoms with E-state index in [0.29, 0.717) is 17.8 Å². The number of nitrogens with two attached hydrogens (primary N) is 1. The van der Waals surface area contributed by atoms with Gasteiger partial charge in [0.25, 0.3) is 0 Å². The number of nitrogen functional groups attached to an aromatic ring is 1. The summed E-state index contributed by atoms with van der Waals surface area (Å²) < 4.78 is 37.2. The van der Waals surface area contributed by atoms with Crippen molar-refractivity contribution in [3.63, 3.8) is 0 Å². The Morgan fingerprint density at radius 2 is 2.03 bits per heavy atom. The van der Waals surface area contributed by atoms with E-state index in [1.165, 1.54) is 13.4 Å². The molecule has 3 N–H and O–H groups in total. The highest BCUT2D eigenvalue weighted by molar-refractivity contribution is 7.51. The van der Waals surface area contributed by atoms with Crippen LogP contribution in [0.2, 0.25) is 0 Å². The van der Waals surface area contributed by atoms with Crippen molar-refractivity contribution in [3.05, 3.63) is 52.7 Å². The monoisotopic (exact) mass is 533 g/mol. The summed E-state index contributed by atoms with van der Waals surface area (Å²) in [4.78, 5) is 15.7. The maximum absolute atomic E-state index is 13.0. The number of hydrogen-bond donors (Lipinski definition) is 2. The fraction of sp³-hybridized carbons (Fsp3) is 0.500. The highest BCUT2D eigenvalue weighted by Crippen LogP contribution is 2.43. The predicted octanol–water partition coefficient (Wildman–Crippen LogP) is 4.36. The van der Waals surface area contributed by atoms with Crippen molar-refractivity contribution in [3.8, 4) is 5.88 Å². The second-order valence-electron chi connectivity index (χ2n) is 8.58. The molecule has 0 spiro atoms. The number of aromatic nitrogens is 4. The van der Waals surface area contributed by atoms with Crippen molar-refractivity contribution in [2.24, 2.45) is 5.11 Å². The molecule has 2 unspecified atom stereocenters. The van der Waals surface area contributed by atoms with E-state index < -0.39 is 25.6 Å². The zero-order valence-corrected chi connectivity index (χ0v) is 22.3. The normalized spacial score (nSPS) is 15.1. The van der Waals surface area contributed by atoms with Gasteiger partial charge < -0.3 is 19.7 Å². The third kappa shape index (κ3) is 7.16. The Morgan fingerprint density at radius 1 is 1.30 bits per heavy atom. The lowest BCUT2D eigenvalue weighted by Gasteiger charge is -2.33. The molecule has 0 aliphatic rings. The topological polar surface area (TPSA) is 184 Å². The van der Waals surface area contributed by atoms with Crippen LogP contribution in [0.4, 0.5) is 5.95 Å². The van der Waals surface area contributed by atoms with E-state index in [9.17, 15) is 10.1 Å². The molecular weight excluding hydrogens is 501 g/mol. The van der Waals surface area contributed by atoms with Crippen LogP contribution in [0.5, 0.6) is 5.88 Å². The number of hydrogen-bond acceptors (Lipinski definition) is 10. The third-order valence-electron chi connectivity index (χ3n) is 5.25. The van der Waals surface area contributed by atoms with Crippen molar-refractivity contribution >= 4 is 24.9 Å². The second-order valence-corrected chi connectivity index (χ2v) is 10.5. The van der Waals surface area contributed by atoms with Gasteiger partial charge in [-0.25, -0.2) is 14.6 Å². The first-order chi connectivity index (χ1) is 17.6. The average Bonchev–Trinajstić information content (AvgIpc) is 3.29. The minimum atomic E-state index is -3.62. The first-order valence-electron chi connectivity index (χ1n) is 11.6. The molecule has 37 heavy (non-hydrogen) atoms. The van der Waals surface area contributed by atoms with E-state index in [4.69, 9.17) is 24.3 Å². The molecule has 14 nitrogen and oxygen atoms in total. The van der Waals surface area contributed by atoms with Crippen LogP contribution in [-0.4, -0.2) is 51.5 Å². The molecule has 1 aromatic carbocycles. The summed E-state index contributed by atoms with van der Waals surface area (Å²) in [6.45, 7) is 7.49. The number of ether oxygens (including phenoxy) is 2. The van der Waals surface area contributed by atoms with Crippen LogP contribution >= 0.6 is 7.75 Å². The Hall–Kier alpha value is -3.25. The van der Waals surface area contributed by atoms with Crippen LogP contribution in [-0.2, 0) is 24.9 Å². The summed E-state index contributed by atoms with van der Waals surface area (Å²) in [5, 5.41) is 6.74. The van der Waals surface area contributed by atoms with Gasteiger partial charge in [0, 0.05) is 18.6 Å². The Kier molecular flexibility index (Phi) is 9.44. The number of imidazole rings is 1. The van der Waals surface area contributed by atoms with Gasteiger partial charge in [-0.2, -0.15) is 9.97 Å². The molecule has 0 fully saturated rings. The molecular formula is C22H32N9O5P. The summed E-state index contributed by atoms with van der Waals surface area (Å²) in [5.41, 5.74) is 15.6. The smallest absolute Gasteiger partial charge is 0.405 e. The molecule has 0 saturated heterocycles. The Morgan fingerprint density at radius 3 is 2.68 bits per heavy atom. The second kappa shape index (κ2) is 12.3. The highest BCUT2D eigenvalue weighted by atomic mass is 31.2. The van der Waals surface area contributed by atoms with E-state index in [2.05, 4.69) is 30.1 Å². The van der Waals surface area contributed by atoms with Gasteiger partial charge in [0.15, 0.2) is 11.2 Å². The summed E-state index contributed by atoms with van der Waals surface area (Å²) in [6.07, 6.45) is -0.0338. The van der Waals surface area contributed by atoms with Crippen LogP contribution < -0.4 is 15.6 Å². The number of benzene rings is 1. The van der Waals surface area contributed by atoms with Crippen molar-refractivity contribution in [2.45, 2.75) is 52.1 Å². The van der Waals surface area contributed by atoms with Crippen molar-refractivity contribution in [1.29, 1.82) is 0 Å². The van der Waals surface area contributed by atoms with Crippen LogP contribution in [0.25, 0.3) is 21.6 Å². The lowest BCUT2D eigenvalue weighted by atomic mass is 10.0. The van der Waals surface area contributed by atoms with Gasteiger partial charge in [0.2, 0.25) is 11.8 Å². The summed E-state index contributed by atoms with van der Waals surface area (Å²) in [7, 11) is -2.32. The maximum atomic E-state index is 13.0. The predicted molar refractivity (Wildman–Crippen MR) is 138 cm³/mol. The van der Waals surface area contributed by atoms with Gasteiger partial charge in [-0.1, -0.05) is 35.4 Å². The Labute approximate surface area is 214 Å². The zero-order valence-electron chi connectivity index (χ0n) is 21.4. The quantitative estimate of drug-likeness (QED) is 0.130. The summed E-state index contributed by atoms with van der Waals surface area (Å²) >= 11 is 0. The van der Waals surface area contributed by atoms with E-state index in [0.717, 1.165) is 5.56 Å². The maximum Gasteiger partial charge on any atom is 0.405 e. The van der Waals surface area contributed by atoms with Crippen LogP contribution in [0.15, 0.2) is 41.8 Å². The first kappa shape index (κ1) is 28.3. The van der Waals surface area contributed by atoms with E-state index in [-0.39, 0.29) is 25.0 Å². The first-order valence-corrected chi connectivity index (χ1v) is 13.1. The van der Waals surface area contributed by atoms with Gasteiger partial charge in [-0.3, -0.25) is 9.09 Å². The number of nitrogens with zero attached hydrogens (tertiary/aromatic N) is 7. The highest BCUT2D eigenvalue weighted by Gasteiger charge is 2.35. The zero-order chi connectivity index (χ0) is 27.1. The van der Waals surface area contributed by atoms with Crippen LogP contribution in [0, 0.1) is 0 Å². The molecule has 3 aromatic rings. The molecule has 0 saturated carbocycles. The van der Waals surface area contributed by atoms with Crippen molar-refractivity contribution in [2.75, 3.05) is 26.1 Å². The van der Waals surface area contributed by atoms with Gasteiger partial charge in [-0.15, -0.1) is 0 Å². The third-order valence-corrected chi connectivity index (χ3v) is 6.76. The standard InChI is InChI=1S/C22H32N9O5P/c1-6-34-19-17-18(27-21(23)28-19)31(14-25-17)20(22(3,4)29-30-24)36-15(2)13-35-37(32,33-5)26-12-16-10-8-7-9-11-16/h7-11,14-15,20H,6,12-13H2,1-5H3,(H,26,32)(H2,23,27,28)/t15-,20?,37?/m0/s1. The van der Waals surface area contributed by atoms with Crippen LogP contribution in [0.1, 0.15) is 39.5 Å². The van der Waals surface area contributed by atoms with E-state index in [1.54, 1.807) is 25.3 Å². The van der Waals surface area contributed by atoms with Gasteiger partial charge >= 0.3 is 7.75 Å². The molecule has 3 atom stereocenters. The lowest BCUT2D eigenvalue weighted by molar-refractivity contribution is -0.0926. The molecule has 15 heteroatoms. The lowest BCUT2D eigenvalue weighted by Crippen LogP contribution is -2.36. The number of rotatable bonds is 14. The average molecular weight is 534 g/mol. The summed E-state index contributed by atoms with van der Waals surface area (Å²) in [6, 6.07) is 9.44. The minimum absolute atomic E-state index is 0.0139. The van der Waals surface area contributed by atoms with Crippen molar-refractivity contribution in [1.82, 2.24) is 24.6 Å².